The van der Waals surface area contributed by atoms with E-state index < -0.39 is 0 Å². The second-order valence-corrected chi connectivity index (χ2v) is 13.4. The number of hydrogen-bond donors (Lipinski definition) is 0. The van der Waals surface area contributed by atoms with Crippen LogP contribution in [0, 0.1) is 0 Å². The van der Waals surface area contributed by atoms with E-state index in [1.807, 2.05) is 42.5 Å². The molecule has 0 amide bonds. The maximum atomic E-state index is 6.30. The molecule has 4 nitrogen and oxygen atoms in total. The molecule has 0 bridgehead atoms. The SMILES string of the molecule is c1ccc(-c2cc(-c3ccccc3)cc(-c3nc(-c4cccc5c4sc4ccccc45)nc(-c4cccc5oc6ccccc6c45)n3)c2)cc1. The average molecular weight is 658 g/mol. The second-order valence-electron chi connectivity index (χ2n) is 12.4. The van der Waals surface area contributed by atoms with Crippen LogP contribution in [0.2, 0.25) is 0 Å². The zero-order valence-electron chi connectivity index (χ0n) is 26.7. The number of furan rings is 1. The smallest absolute Gasteiger partial charge is 0.165 e. The van der Waals surface area contributed by atoms with Crippen molar-refractivity contribution in [3.05, 3.63) is 164 Å². The molecule has 0 aliphatic heterocycles. The fourth-order valence-corrected chi connectivity index (χ4v) is 8.19. The molecule has 0 unspecified atom stereocenters. The van der Waals surface area contributed by atoms with Gasteiger partial charge in [-0.05, 0) is 64.7 Å². The summed E-state index contributed by atoms with van der Waals surface area (Å²) in [5.41, 5.74) is 8.90. The molecule has 0 saturated heterocycles. The van der Waals surface area contributed by atoms with Crippen molar-refractivity contribution in [1.29, 1.82) is 0 Å². The van der Waals surface area contributed by atoms with Crippen molar-refractivity contribution >= 4 is 53.4 Å². The van der Waals surface area contributed by atoms with E-state index in [-0.39, 0.29) is 0 Å². The fourth-order valence-electron chi connectivity index (χ4n) is 6.98. The fraction of sp³-hybridized carbons (Fsp3) is 0. The van der Waals surface area contributed by atoms with Gasteiger partial charge in [0, 0.05) is 47.6 Å². The maximum Gasteiger partial charge on any atom is 0.165 e. The summed E-state index contributed by atoms with van der Waals surface area (Å²) < 4.78 is 8.69. The Morgan fingerprint density at radius 3 is 1.68 bits per heavy atom. The van der Waals surface area contributed by atoms with Crippen LogP contribution in [0.1, 0.15) is 0 Å². The predicted octanol–water partition coefficient (Wildman–Crippen LogP) is 12.5. The summed E-state index contributed by atoms with van der Waals surface area (Å²) >= 11 is 1.78. The molecular formula is C45H27N3OS. The molecule has 10 aromatic rings. The minimum Gasteiger partial charge on any atom is -0.456 e. The van der Waals surface area contributed by atoms with Crippen LogP contribution in [0.4, 0.5) is 0 Å². The van der Waals surface area contributed by atoms with Crippen molar-refractivity contribution in [2.45, 2.75) is 0 Å². The molecule has 0 fully saturated rings. The molecule has 7 aromatic carbocycles. The highest BCUT2D eigenvalue weighted by Crippen LogP contribution is 2.41. The third-order valence-corrected chi connectivity index (χ3v) is 10.5. The van der Waals surface area contributed by atoms with Crippen molar-refractivity contribution in [3.63, 3.8) is 0 Å². The molecule has 50 heavy (non-hydrogen) atoms. The van der Waals surface area contributed by atoms with E-state index in [0.717, 1.165) is 65.6 Å². The van der Waals surface area contributed by atoms with Gasteiger partial charge in [0.25, 0.3) is 0 Å². The Hall–Kier alpha value is -6.43. The number of aromatic nitrogens is 3. The van der Waals surface area contributed by atoms with Gasteiger partial charge in [-0.3, -0.25) is 0 Å². The molecule has 0 aliphatic rings. The van der Waals surface area contributed by atoms with Gasteiger partial charge in [0.05, 0.1) is 0 Å². The Kier molecular flexibility index (Phi) is 6.64. The zero-order valence-corrected chi connectivity index (χ0v) is 27.6. The number of benzene rings is 7. The Bertz CT molecular complexity index is 2820. The molecule has 10 rings (SSSR count). The third-order valence-electron chi connectivity index (χ3n) is 9.33. The van der Waals surface area contributed by atoms with Crippen LogP contribution >= 0.6 is 11.3 Å². The highest BCUT2D eigenvalue weighted by molar-refractivity contribution is 7.26. The quantitative estimate of drug-likeness (QED) is 0.185. The summed E-state index contributed by atoms with van der Waals surface area (Å²) in [6.45, 7) is 0. The van der Waals surface area contributed by atoms with Gasteiger partial charge in [-0.15, -0.1) is 11.3 Å². The van der Waals surface area contributed by atoms with Gasteiger partial charge in [-0.1, -0.05) is 121 Å². The van der Waals surface area contributed by atoms with Crippen LogP contribution < -0.4 is 0 Å². The summed E-state index contributed by atoms with van der Waals surface area (Å²) in [4.78, 5) is 15.8. The van der Waals surface area contributed by atoms with Crippen LogP contribution in [0.3, 0.4) is 0 Å². The zero-order chi connectivity index (χ0) is 33.0. The van der Waals surface area contributed by atoms with Crippen LogP contribution in [0.5, 0.6) is 0 Å². The van der Waals surface area contributed by atoms with Gasteiger partial charge in [0.15, 0.2) is 17.5 Å². The molecule has 0 saturated carbocycles. The number of thiophene rings is 1. The molecule has 234 valence electrons. The Morgan fingerprint density at radius 2 is 0.920 bits per heavy atom. The van der Waals surface area contributed by atoms with Gasteiger partial charge in [-0.2, -0.15) is 0 Å². The lowest BCUT2D eigenvalue weighted by atomic mass is 9.96. The molecule has 3 aromatic heterocycles. The highest BCUT2D eigenvalue weighted by atomic mass is 32.1. The summed E-state index contributed by atoms with van der Waals surface area (Å²) in [5, 5.41) is 4.47. The van der Waals surface area contributed by atoms with Gasteiger partial charge >= 0.3 is 0 Å². The first kappa shape index (κ1) is 28.6. The minimum atomic E-state index is 0.603. The first-order chi connectivity index (χ1) is 24.8. The van der Waals surface area contributed by atoms with Crippen LogP contribution in [-0.2, 0) is 0 Å². The summed E-state index contributed by atoms with van der Waals surface area (Å²) in [6.07, 6.45) is 0. The van der Waals surface area contributed by atoms with E-state index in [0.29, 0.717) is 17.5 Å². The third kappa shape index (κ3) is 4.79. The van der Waals surface area contributed by atoms with Gasteiger partial charge in [-0.25, -0.2) is 15.0 Å². The molecule has 3 heterocycles. The summed E-state index contributed by atoms with van der Waals surface area (Å²) in [6, 6.07) is 56.8. The lowest BCUT2D eigenvalue weighted by Crippen LogP contribution is -2.01. The Balaban J connectivity index is 1.27. The Labute approximate surface area is 292 Å². The van der Waals surface area contributed by atoms with E-state index >= 15 is 0 Å². The van der Waals surface area contributed by atoms with Crippen molar-refractivity contribution in [1.82, 2.24) is 15.0 Å². The highest BCUT2D eigenvalue weighted by Gasteiger charge is 2.20. The average Bonchev–Trinajstić information content (AvgIpc) is 3.77. The van der Waals surface area contributed by atoms with Crippen LogP contribution in [0.15, 0.2) is 168 Å². The molecular weight excluding hydrogens is 631 g/mol. The monoisotopic (exact) mass is 657 g/mol. The largest absolute Gasteiger partial charge is 0.456 e. The van der Waals surface area contributed by atoms with Crippen molar-refractivity contribution in [3.8, 4) is 56.4 Å². The Morgan fingerprint density at radius 1 is 0.380 bits per heavy atom. The van der Waals surface area contributed by atoms with Crippen LogP contribution in [-0.4, -0.2) is 15.0 Å². The lowest BCUT2D eigenvalue weighted by molar-refractivity contribution is 0.669. The van der Waals surface area contributed by atoms with Crippen molar-refractivity contribution in [2.75, 3.05) is 0 Å². The predicted molar refractivity (Wildman–Crippen MR) is 207 cm³/mol. The van der Waals surface area contributed by atoms with E-state index in [2.05, 4.69) is 121 Å². The standard InChI is InChI=1S/C45H27N3OS/c1-3-13-28(14-4-1)30-25-31(29-15-5-2-6-16-29)27-32(26-30)43-46-44(36-20-12-23-39-41(36)35-18-7-9-22-38(35)49-39)48-45(47-43)37-21-11-19-34-33-17-8-10-24-40(33)50-42(34)37/h1-27H. The maximum absolute atomic E-state index is 6.30. The number of hydrogen-bond acceptors (Lipinski definition) is 5. The normalized spacial score (nSPS) is 11.6. The number of nitrogens with zero attached hydrogens (tertiary/aromatic N) is 3. The van der Waals surface area contributed by atoms with Gasteiger partial charge in [0.1, 0.15) is 11.2 Å². The molecule has 0 spiro atoms. The first-order valence-corrected chi connectivity index (χ1v) is 17.4. The summed E-state index contributed by atoms with van der Waals surface area (Å²) in [7, 11) is 0. The minimum absolute atomic E-state index is 0.603. The van der Waals surface area contributed by atoms with E-state index in [9.17, 15) is 0 Å². The van der Waals surface area contributed by atoms with Gasteiger partial charge in [0.2, 0.25) is 0 Å². The topological polar surface area (TPSA) is 51.8 Å². The van der Waals surface area contributed by atoms with E-state index in [4.69, 9.17) is 19.4 Å². The molecule has 0 atom stereocenters. The van der Waals surface area contributed by atoms with Gasteiger partial charge < -0.3 is 4.42 Å². The van der Waals surface area contributed by atoms with Crippen LogP contribution in [0.25, 0.3) is 98.5 Å². The number of fused-ring (bicyclic) bond motifs is 6. The number of para-hydroxylation sites is 1. The first-order valence-electron chi connectivity index (χ1n) is 16.6. The second kappa shape index (κ2) is 11.6. The van der Waals surface area contributed by atoms with E-state index in [1.54, 1.807) is 11.3 Å². The van der Waals surface area contributed by atoms with Crippen molar-refractivity contribution in [2.24, 2.45) is 0 Å². The molecule has 0 N–H and O–H groups in total. The molecule has 5 heteroatoms. The lowest BCUT2D eigenvalue weighted by Gasteiger charge is -2.13. The molecule has 0 radical (unpaired) electrons. The number of rotatable bonds is 5. The van der Waals surface area contributed by atoms with Crippen molar-refractivity contribution < 1.29 is 4.42 Å². The summed E-state index contributed by atoms with van der Waals surface area (Å²) in [5.74, 6) is 1.85. The van der Waals surface area contributed by atoms with E-state index in [1.165, 1.54) is 15.5 Å². The molecule has 0 aliphatic carbocycles.